The molecule has 0 spiro atoms. The molecule has 4 nitrogen and oxygen atoms in total. The van der Waals surface area contributed by atoms with Gasteiger partial charge in [0.25, 0.3) is 5.91 Å². The average Bonchev–Trinajstić information content (AvgIpc) is 2.41. The van der Waals surface area contributed by atoms with Crippen molar-refractivity contribution in [2.24, 2.45) is 5.92 Å². The van der Waals surface area contributed by atoms with Crippen molar-refractivity contribution in [2.45, 2.75) is 25.9 Å². The molecule has 0 aromatic heterocycles. The van der Waals surface area contributed by atoms with Crippen LogP contribution in [0.15, 0.2) is 22.7 Å². The minimum Gasteiger partial charge on any atom is -0.507 e. The molecule has 0 aliphatic carbocycles. The van der Waals surface area contributed by atoms with Crippen LogP contribution in [0.3, 0.4) is 0 Å². The molecule has 1 amide bonds. The Balaban J connectivity index is 2.03. The van der Waals surface area contributed by atoms with Gasteiger partial charge < -0.3 is 15.1 Å². The Morgan fingerprint density at radius 2 is 2.05 bits per heavy atom. The van der Waals surface area contributed by atoms with E-state index in [1.54, 1.807) is 24.0 Å². The smallest absolute Gasteiger partial charge is 0.253 e. The Hall–Kier alpha value is -1.07. The first kappa shape index (κ1) is 14.3. The van der Waals surface area contributed by atoms with Gasteiger partial charge in [0.2, 0.25) is 0 Å². The first-order valence-electron chi connectivity index (χ1n) is 6.45. The lowest BCUT2D eigenvalue weighted by molar-refractivity contribution is 0.0521. The van der Waals surface area contributed by atoms with Crippen LogP contribution in [0.2, 0.25) is 0 Å². The number of hydrogen-bond acceptors (Lipinski definition) is 3. The van der Waals surface area contributed by atoms with Gasteiger partial charge in [-0.25, -0.2) is 0 Å². The van der Waals surface area contributed by atoms with E-state index in [1.165, 1.54) is 6.07 Å². The predicted molar refractivity (Wildman–Crippen MR) is 76.1 cm³/mol. The molecule has 1 aromatic carbocycles. The lowest BCUT2D eigenvalue weighted by Gasteiger charge is -2.33. The van der Waals surface area contributed by atoms with Gasteiger partial charge in [0, 0.05) is 18.7 Å². The third kappa shape index (κ3) is 3.28. The molecule has 1 atom stereocenters. The SMILES string of the molecule is CC(O)C1CCN(C(=O)c2ccc(Br)c(O)c2)CC1. The second-order valence-corrected chi connectivity index (χ2v) is 5.89. The van der Waals surface area contributed by atoms with Crippen LogP contribution in [0.25, 0.3) is 0 Å². The zero-order valence-electron chi connectivity index (χ0n) is 10.8. The number of phenols is 1. The number of halogens is 1. The molecule has 0 saturated carbocycles. The summed E-state index contributed by atoms with van der Waals surface area (Å²) in [6, 6.07) is 4.85. The van der Waals surface area contributed by atoms with Crippen LogP contribution in [0.5, 0.6) is 5.75 Å². The fourth-order valence-electron chi connectivity index (χ4n) is 2.41. The number of phenolic OH excluding ortho intramolecular Hbond substituents is 1. The third-order valence-electron chi connectivity index (χ3n) is 3.70. The van der Waals surface area contributed by atoms with Crippen LogP contribution in [-0.2, 0) is 0 Å². The number of likely N-dealkylation sites (tertiary alicyclic amines) is 1. The number of hydrogen-bond donors (Lipinski definition) is 2. The van der Waals surface area contributed by atoms with Crippen molar-refractivity contribution in [2.75, 3.05) is 13.1 Å². The van der Waals surface area contributed by atoms with E-state index in [4.69, 9.17) is 0 Å². The van der Waals surface area contributed by atoms with Crippen molar-refractivity contribution < 1.29 is 15.0 Å². The van der Waals surface area contributed by atoms with E-state index in [-0.39, 0.29) is 23.7 Å². The van der Waals surface area contributed by atoms with E-state index >= 15 is 0 Å². The standard InChI is InChI=1S/C14H18BrNO3/c1-9(17)10-4-6-16(7-5-10)14(19)11-2-3-12(15)13(18)8-11/h2-3,8-10,17-18H,4-7H2,1H3. The Morgan fingerprint density at radius 1 is 1.42 bits per heavy atom. The summed E-state index contributed by atoms with van der Waals surface area (Å²) in [5.74, 6) is 0.291. The van der Waals surface area contributed by atoms with Crippen LogP contribution in [0, 0.1) is 5.92 Å². The second-order valence-electron chi connectivity index (χ2n) is 5.04. The summed E-state index contributed by atoms with van der Waals surface area (Å²) >= 11 is 3.20. The predicted octanol–water partition coefficient (Wildman–Crippen LogP) is 2.39. The van der Waals surface area contributed by atoms with E-state index < -0.39 is 0 Å². The average molecular weight is 328 g/mol. The maximum absolute atomic E-state index is 12.3. The highest BCUT2D eigenvalue weighted by Gasteiger charge is 2.26. The zero-order chi connectivity index (χ0) is 14.0. The molecule has 0 radical (unpaired) electrons. The van der Waals surface area contributed by atoms with E-state index in [0.29, 0.717) is 23.1 Å². The van der Waals surface area contributed by atoms with Gasteiger partial charge in [-0.3, -0.25) is 4.79 Å². The lowest BCUT2D eigenvalue weighted by Crippen LogP contribution is -2.40. The fraction of sp³-hybridized carbons (Fsp3) is 0.500. The molecule has 1 heterocycles. The number of aliphatic hydroxyl groups excluding tert-OH is 1. The highest BCUT2D eigenvalue weighted by Crippen LogP contribution is 2.26. The topological polar surface area (TPSA) is 60.8 Å². The van der Waals surface area contributed by atoms with Gasteiger partial charge in [-0.2, -0.15) is 0 Å². The van der Waals surface area contributed by atoms with Crippen LogP contribution >= 0.6 is 15.9 Å². The first-order valence-corrected chi connectivity index (χ1v) is 7.24. The summed E-state index contributed by atoms with van der Waals surface area (Å²) in [7, 11) is 0. The quantitative estimate of drug-likeness (QED) is 0.876. The van der Waals surface area contributed by atoms with Gasteiger partial charge in [-0.15, -0.1) is 0 Å². The molecule has 1 aromatic rings. The molecule has 19 heavy (non-hydrogen) atoms. The number of amides is 1. The van der Waals surface area contributed by atoms with Gasteiger partial charge in [0.1, 0.15) is 5.75 Å². The summed E-state index contributed by atoms with van der Waals surface area (Å²) < 4.78 is 0.580. The number of nitrogens with zero attached hydrogens (tertiary/aromatic N) is 1. The number of rotatable bonds is 2. The molecule has 5 heteroatoms. The maximum Gasteiger partial charge on any atom is 0.253 e. The number of aromatic hydroxyl groups is 1. The highest BCUT2D eigenvalue weighted by atomic mass is 79.9. The van der Waals surface area contributed by atoms with Crippen molar-refractivity contribution >= 4 is 21.8 Å². The molecule has 1 fully saturated rings. The normalized spacial score (nSPS) is 18.4. The summed E-state index contributed by atoms with van der Waals surface area (Å²) in [5.41, 5.74) is 0.496. The number of carbonyl (C=O) groups is 1. The van der Waals surface area contributed by atoms with Crippen LogP contribution in [0.4, 0.5) is 0 Å². The summed E-state index contributed by atoms with van der Waals surface area (Å²) in [6.45, 7) is 3.12. The Labute approximate surface area is 121 Å². The molecule has 1 saturated heterocycles. The van der Waals surface area contributed by atoms with Crippen molar-refractivity contribution in [3.05, 3.63) is 28.2 Å². The Kier molecular flexibility index (Phi) is 4.47. The summed E-state index contributed by atoms with van der Waals surface area (Å²) in [4.78, 5) is 14.1. The van der Waals surface area contributed by atoms with E-state index in [0.717, 1.165) is 12.8 Å². The van der Waals surface area contributed by atoms with Crippen molar-refractivity contribution in [1.82, 2.24) is 4.90 Å². The van der Waals surface area contributed by atoms with Crippen LogP contribution in [-0.4, -0.2) is 40.2 Å². The van der Waals surface area contributed by atoms with Gasteiger partial charge in [-0.05, 0) is 59.8 Å². The fourth-order valence-corrected chi connectivity index (χ4v) is 2.66. The van der Waals surface area contributed by atoms with Crippen molar-refractivity contribution in [1.29, 1.82) is 0 Å². The molecule has 2 rings (SSSR count). The molecule has 2 N–H and O–H groups in total. The molecule has 1 aliphatic rings. The number of piperidine rings is 1. The molecule has 0 bridgehead atoms. The molecule has 104 valence electrons. The van der Waals surface area contributed by atoms with Gasteiger partial charge >= 0.3 is 0 Å². The third-order valence-corrected chi connectivity index (χ3v) is 4.37. The number of carbonyl (C=O) groups excluding carboxylic acids is 1. The summed E-state index contributed by atoms with van der Waals surface area (Å²) in [6.07, 6.45) is 1.34. The van der Waals surface area contributed by atoms with Crippen molar-refractivity contribution in [3.63, 3.8) is 0 Å². The minimum absolute atomic E-state index is 0.0631. The largest absolute Gasteiger partial charge is 0.507 e. The Bertz CT molecular complexity index is 468. The lowest BCUT2D eigenvalue weighted by atomic mass is 9.92. The maximum atomic E-state index is 12.3. The van der Waals surface area contributed by atoms with E-state index in [2.05, 4.69) is 15.9 Å². The zero-order valence-corrected chi connectivity index (χ0v) is 12.4. The van der Waals surface area contributed by atoms with Gasteiger partial charge in [0.15, 0.2) is 0 Å². The van der Waals surface area contributed by atoms with Gasteiger partial charge in [0.05, 0.1) is 10.6 Å². The van der Waals surface area contributed by atoms with Gasteiger partial charge in [-0.1, -0.05) is 0 Å². The number of benzene rings is 1. The molecular formula is C14H18BrNO3. The first-order chi connectivity index (χ1) is 8.99. The second kappa shape index (κ2) is 5.92. The molecular weight excluding hydrogens is 310 g/mol. The minimum atomic E-state index is -0.311. The van der Waals surface area contributed by atoms with Crippen molar-refractivity contribution in [3.8, 4) is 5.75 Å². The van der Waals surface area contributed by atoms with Crippen LogP contribution in [0.1, 0.15) is 30.1 Å². The monoisotopic (exact) mass is 327 g/mol. The summed E-state index contributed by atoms with van der Waals surface area (Å²) in [5, 5.41) is 19.2. The van der Waals surface area contributed by atoms with Crippen LogP contribution < -0.4 is 0 Å². The Morgan fingerprint density at radius 3 is 2.58 bits per heavy atom. The highest BCUT2D eigenvalue weighted by molar-refractivity contribution is 9.10. The van der Waals surface area contributed by atoms with E-state index in [9.17, 15) is 15.0 Å². The van der Waals surface area contributed by atoms with E-state index in [1.807, 2.05) is 0 Å². The molecule has 1 unspecified atom stereocenters. The molecule has 1 aliphatic heterocycles. The number of aliphatic hydroxyl groups is 1.